The van der Waals surface area contributed by atoms with Gasteiger partial charge in [0.05, 0.1) is 19.1 Å². The Kier molecular flexibility index (Phi) is 6.87. The summed E-state index contributed by atoms with van der Waals surface area (Å²) in [6.45, 7) is 0.430. The minimum Gasteiger partial charge on any atom is -0.481 e. The Morgan fingerprint density at radius 2 is 2.00 bits per heavy atom. The van der Waals surface area contributed by atoms with Crippen molar-refractivity contribution < 1.29 is 14.7 Å². The van der Waals surface area contributed by atoms with Crippen molar-refractivity contribution in [3.8, 4) is 12.3 Å². The molecule has 0 radical (unpaired) electrons. The van der Waals surface area contributed by atoms with Crippen LogP contribution in [-0.2, 0) is 9.59 Å². The predicted octanol–water partition coefficient (Wildman–Crippen LogP) is 0.931. The van der Waals surface area contributed by atoms with Crippen molar-refractivity contribution in [2.75, 3.05) is 13.1 Å². The van der Waals surface area contributed by atoms with Crippen molar-refractivity contribution in [3.63, 3.8) is 0 Å². The fourth-order valence-electron chi connectivity index (χ4n) is 1.77. The largest absolute Gasteiger partial charge is 0.481 e. The second-order valence-corrected chi connectivity index (χ2v) is 4.27. The number of carboxylic acids is 1. The summed E-state index contributed by atoms with van der Waals surface area (Å²) in [5.74, 6) is 1.29. The van der Waals surface area contributed by atoms with Gasteiger partial charge in [-0.1, -0.05) is 36.3 Å². The van der Waals surface area contributed by atoms with Gasteiger partial charge in [-0.3, -0.25) is 14.9 Å². The van der Waals surface area contributed by atoms with Gasteiger partial charge < -0.3 is 10.4 Å². The lowest BCUT2D eigenvalue weighted by Gasteiger charge is -2.18. The summed E-state index contributed by atoms with van der Waals surface area (Å²) < 4.78 is 0. The molecule has 5 nitrogen and oxygen atoms in total. The molecule has 0 aromatic heterocycles. The van der Waals surface area contributed by atoms with Crippen LogP contribution in [0.2, 0.25) is 0 Å². The van der Waals surface area contributed by atoms with E-state index in [1.807, 2.05) is 30.3 Å². The third-order valence-electron chi connectivity index (χ3n) is 2.70. The molecule has 5 heteroatoms. The van der Waals surface area contributed by atoms with E-state index >= 15 is 0 Å². The van der Waals surface area contributed by atoms with Gasteiger partial charge in [0, 0.05) is 6.42 Å². The average molecular weight is 274 g/mol. The summed E-state index contributed by atoms with van der Waals surface area (Å²) in [6, 6.07) is 8.99. The third-order valence-corrected chi connectivity index (χ3v) is 2.70. The maximum absolute atomic E-state index is 11.8. The highest BCUT2D eigenvalue weighted by Crippen LogP contribution is 2.18. The molecule has 106 valence electrons. The monoisotopic (exact) mass is 274 g/mol. The first kappa shape index (κ1) is 15.7. The zero-order chi connectivity index (χ0) is 14.8. The van der Waals surface area contributed by atoms with Gasteiger partial charge in [0.1, 0.15) is 0 Å². The first-order valence-electron chi connectivity index (χ1n) is 6.33. The topological polar surface area (TPSA) is 78.4 Å². The molecule has 1 amide bonds. The van der Waals surface area contributed by atoms with E-state index in [2.05, 4.69) is 16.6 Å². The van der Waals surface area contributed by atoms with Gasteiger partial charge in [-0.25, -0.2) is 0 Å². The first-order valence-corrected chi connectivity index (χ1v) is 6.33. The maximum Gasteiger partial charge on any atom is 0.303 e. The highest BCUT2D eigenvalue weighted by Gasteiger charge is 2.15. The van der Waals surface area contributed by atoms with Gasteiger partial charge in [-0.2, -0.15) is 0 Å². The van der Waals surface area contributed by atoms with Crippen molar-refractivity contribution >= 4 is 11.9 Å². The summed E-state index contributed by atoms with van der Waals surface area (Å²) >= 11 is 0. The Hall–Kier alpha value is -2.32. The van der Waals surface area contributed by atoms with E-state index in [-0.39, 0.29) is 24.9 Å². The normalized spacial score (nSPS) is 11.3. The fourth-order valence-corrected chi connectivity index (χ4v) is 1.77. The summed E-state index contributed by atoms with van der Waals surface area (Å²) in [5, 5.41) is 14.4. The van der Waals surface area contributed by atoms with E-state index in [0.29, 0.717) is 13.0 Å². The Morgan fingerprint density at radius 3 is 2.60 bits per heavy atom. The zero-order valence-corrected chi connectivity index (χ0v) is 11.1. The van der Waals surface area contributed by atoms with Crippen LogP contribution >= 0.6 is 0 Å². The molecular weight excluding hydrogens is 256 g/mol. The van der Waals surface area contributed by atoms with Crippen LogP contribution in [0.4, 0.5) is 0 Å². The Morgan fingerprint density at radius 1 is 1.30 bits per heavy atom. The minimum atomic E-state index is -0.884. The molecule has 3 N–H and O–H groups in total. The smallest absolute Gasteiger partial charge is 0.303 e. The van der Waals surface area contributed by atoms with Crippen LogP contribution in [0.5, 0.6) is 0 Å². The van der Waals surface area contributed by atoms with Crippen LogP contribution in [-0.4, -0.2) is 30.1 Å². The molecular formula is C15H18N2O3. The molecule has 0 saturated heterocycles. The van der Waals surface area contributed by atoms with Crippen LogP contribution in [0.25, 0.3) is 0 Å². The number of carboxylic acid groups (broad SMARTS) is 1. The molecule has 1 aromatic rings. The first-order chi connectivity index (χ1) is 9.63. The van der Waals surface area contributed by atoms with E-state index in [1.54, 1.807) is 0 Å². The summed E-state index contributed by atoms with van der Waals surface area (Å²) in [5.41, 5.74) is 0.888. The van der Waals surface area contributed by atoms with Gasteiger partial charge >= 0.3 is 5.97 Å². The Bertz CT molecular complexity index is 480. The second kappa shape index (κ2) is 8.73. The lowest BCUT2D eigenvalue weighted by Crippen LogP contribution is -2.36. The van der Waals surface area contributed by atoms with Crippen molar-refractivity contribution in [1.29, 1.82) is 0 Å². The molecule has 20 heavy (non-hydrogen) atoms. The highest BCUT2D eigenvalue weighted by atomic mass is 16.4. The van der Waals surface area contributed by atoms with Crippen molar-refractivity contribution in [1.82, 2.24) is 10.6 Å². The molecule has 0 aliphatic carbocycles. The van der Waals surface area contributed by atoms with Gasteiger partial charge in [0.15, 0.2) is 0 Å². The van der Waals surface area contributed by atoms with E-state index in [1.165, 1.54) is 0 Å². The molecule has 0 bridgehead atoms. The number of hydrogen-bond donors (Lipinski definition) is 3. The number of rotatable bonds is 8. The molecule has 0 fully saturated rings. The lowest BCUT2D eigenvalue weighted by molar-refractivity contribution is -0.137. The number of terminal acetylenes is 1. The second-order valence-electron chi connectivity index (χ2n) is 4.27. The summed E-state index contributed by atoms with van der Waals surface area (Å²) in [4.78, 5) is 22.4. The quantitative estimate of drug-likeness (QED) is 0.487. The number of carbonyl (C=O) groups excluding carboxylic acids is 1. The van der Waals surface area contributed by atoms with Gasteiger partial charge in [0.25, 0.3) is 0 Å². The van der Waals surface area contributed by atoms with Crippen molar-refractivity contribution in [3.05, 3.63) is 35.9 Å². The molecule has 0 heterocycles. The summed E-state index contributed by atoms with van der Waals surface area (Å²) in [6.07, 6.45) is 5.42. The number of nitrogens with one attached hydrogen (secondary N) is 2. The maximum atomic E-state index is 11.8. The van der Waals surface area contributed by atoms with Crippen molar-refractivity contribution in [2.45, 2.75) is 18.9 Å². The van der Waals surface area contributed by atoms with Gasteiger partial charge in [0.2, 0.25) is 5.91 Å². The van der Waals surface area contributed by atoms with E-state index in [9.17, 15) is 9.59 Å². The zero-order valence-electron chi connectivity index (χ0n) is 11.1. The highest BCUT2D eigenvalue weighted by molar-refractivity contribution is 5.78. The van der Waals surface area contributed by atoms with Crippen LogP contribution in [0.15, 0.2) is 30.3 Å². The third kappa shape index (κ3) is 6.03. The molecule has 1 rings (SSSR count). The van der Waals surface area contributed by atoms with E-state index < -0.39 is 5.97 Å². The molecule has 1 atom stereocenters. The van der Waals surface area contributed by atoms with Crippen LogP contribution in [0.3, 0.4) is 0 Å². The van der Waals surface area contributed by atoms with Crippen LogP contribution in [0, 0.1) is 12.3 Å². The number of carbonyl (C=O) groups is 2. The number of hydrogen-bond acceptors (Lipinski definition) is 3. The van der Waals surface area contributed by atoms with Crippen LogP contribution in [0.1, 0.15) is 24.4 Å². The molecule has 0 spiro atoms. The van der Waals surface area contributed by atoms with Gasteiger partial charge in [-0.15, -0.1) is 6.42 Å². The Labute approximate surface area is 118 Å². The number of aliphatic carboxylic acids is 1. The van der Waals surface area contributed by atoms with Crippen LogP contribution < -0.4 is 10.6 Å². The van der Waals surface area contributed by atoms with Crippen molar-refractivity contribution in [2.24, 2.45) is 0 Å². The summed E-state index contributed by atoms with van der Waals surface area (Å²) in [7, 11) is 0. The molecule has 0 aliphatic heterocycles. The average Bonchev–Trinajstić information content (AvgIpc) is 2.44. The van der Waals surface area contributed by atoms with Gasteiger partial charge in [-0.05, 0) is 12.0 Å². The number of benzene rings is 1. The molecule has 1 aromatic carbocycles. The fraction of sp³-hybridized carbons (Fsp3) is 0.333. The lowest BCUT2D eigenvalue weighted by atomic mass is 10.0. The Balaban J connectivity index is 2.61. The van der Waals surface area contributed by atoms with E-state index in [4.69, 9.17) is 11.5 Å². The molecule has 0 aliphatic rings. The van der Waals surface area contributed by atoms with E-state index in [0.717, 1.165) is 5.56 Å². The predicted molar refractivity (Wildman–Crippen MR) is 75.9 cm³/mol. The standard InChI is InChI=1S/C15H18N2O3/c1-2-10-16-11-14(18)17-13(8-9-15(19)20)12-6-4-3-5-7-12/h1,3-7,13,16H,8-11H2,(H,17,18)(H,19,20). The SMILES string of the molecule is C#CCNCC(=O)NC(CCC(=O)O)c1ccccc1. The molecule has 0 saturated carbocycles. The number of amides is 1. The minimum absolute atomic E-state index is 0.00236. The molecule has 1 unspecified atom stereocenters.